The SMILES string of the molecule is NCCOC1CCN(C(=O)Cc2ccccc2F)CC1. The van der Waals surface area contributed by atoms with Crippen molar-refractivity contribution in [3.8, 4) is 0 Å². The van der Waals surface area contributed by atoms with E-state index in [1.54, 1.807) is 23.1 Å². The van der Waals surface area contributed by atoms with Crippen molar-refractivity contribution in [2.45, 2.75) is 25.4 Å². The molecular formula is C15H21FN2O2. The zero-order valence-electron chi connectivity index (χ0n) is 11.6. The van der Waals surface area contributed by atoms with Gasteiger partial charge in [-0.1, -0.05) is 18.2 Å². The highest BCUT2D eigenvalue weighted by molar-refractivity contribution is 5.78. The Morgan fingerprint density at radius 1 is 1.35 bits per heavy atom. The zero-order chi connectivity index (χ0) is 14.4. The molecular weight excluding hydrogens is 259 g/mol. The van der Waals surface area contributed by atoms with Gasteiger partial charge in [0.2, 0.25) is 5.91 Å². The van der Waals surface area contributed by atoms with E-state index < -0.39 is 0 Å². The summed E-state index contributed by atoms with van der Waals surface area (Å²) in [6.45, 7) is 2.42. The molecule has 0 aliphatic carbocycles. The summed E-state index contributed by atoms with van der Waals surface area (Å²) in [5, 5.41) is 0. The van der Waals surface area contributed by atoms with Crippen LogP contribution in [0.3, 0.4) is 0 Å². The first-order valence-corrected chi connectivity index (χ1v) is 7.03. The van der Waals surface area contributed by atoms with Crippen molar-refractivity contribution in [3.05, 3.63) is 35.6 Å². The number of ether oxygens (including phenoxy) is 1. The van der Waals surface area contributed by atoms with Crippen LogP contribution in [0.1, 0.15) is 18.4 Å². The number of likely N-dealkylation sites (tertiary alicyclic amines) is 1. The Labute approximate surface area is 118 Å². The fourth-order valence-corrected chi connectivity index (χ4v) is 2.42. The number of carbonyl (C=O) groups is 1. The standard InChI is InChI=1S/C15H21FN2O2/c16-14-4-2-1-3-12(14)11-15(19)18-8-5-13(6-9-18)20-10-7-17/h1-4,13H,5-11,17H2. The quantitative estimate of drug-likeness (QED) is 0.885. The van der Waals surface area contributed by atoms with E-state index in [9.17, 15) is 9.18 Å². The van der Waals surface area contributed by atoms with Crippen LogP contribution in [0, 0.1) is 5.82 Å². The van der Waals surface area contributed by atoms with Crippen molar-refractivity contribution in [1.82, 2.24) is 4.90 Å². The van der Waals surface area contributed by atoms with Crippen molar-refractivity contribution in [2.75, 3.05) is 26.2 Å². The van der Waals surface area contributed by atoms with Crippen LogP contribution in [0.4, 0.5) is 4.39 Å². The molecule has 110 valence electrons. The Hall–Kier alpha value is -1.46. The lowest BCUT2D eigenvalue weighted by Gasteiger charge is -2.32. The molecule has 1 heterocycles. The number of nitrogens with zero attached hydrogens (tertiary/aromatic N) is 1. The van der Waals surface area contributed by atoms with Crippen LogP contribution in [0.15, 0.2) is 24.3 Å². The maximum atomic E-state index is 13.5. The summed E-state index contributed by atoms with van der Waals surface area (Å²) in [5.41, 5.74) is 5.85. The lowest BCUT2D eigenvalue weighted by Crippen LogP contribution is -2.42. The first-order valence-electron chi connectivity index (χ1n) is 7.03. The molecule has 0 atom stereocenters. The number of nitrogens with two attached hydrogens (primary N) is 1. The molecule has 1 aromatic rings. The van der Waals surface area contributed by atoms with Gasteiger partial charge >= 0.3 is 0 Å². The molecule has 1 fully saturated rings. The molecule has 20 heavy (non-hydrogen) atoms. The number of halogens is 1. The third-order valence-corrected chi connectivity index (χ3v) is 3.57. The molecule has 0 unspecified atom stereocenters. The molecule has 0 aromatic heterocycles. The van der Waals surface area contributed by atoms with Gasteiger partial charge in [0.05, 0.1) is 19.1 Å². The number of piperidine rings is 1. The molecule has 1 aliphatic rings. The normalized spacial score (nSPS) is 16.4. The van der Waals surface area contributed by atoms with Crippen LogP contribution in [-0.4, -0.2) is 43.2 Å². The van der Waals surface area contributed by atoms with Gasteiger partial charge in [-0.2, -0.15) is 0 Å². The zero-order valence-corrected chi connectivity index (χ0v) is 11.6. The predicted octanol–water partition coefficient (Wildman–Crippen LogP) is 1.33. The molecule has 5 heteroatoms. The van der Waals surface area contributed by atoms with Gasteiger partial charge < -0.3 is 15.4 Å². The van der Waals surface area contributed by atoms with Crippen LogP contribution in [-0.2, 0) is 16.0 Å². The topological polar surface area (TPSA) is 55.6 Å². The minimum Gasteiger partial charge on any atom is -0.377 e. The lowest BCUT2D eigenvalue weighted by atomic mass is 10.1. The van der Waals surface area contributed by atoms with Gasteiger partial charge in [-0.05, 0) is 24.5 Å². The second-order valence-electron chi connectivity index (χ2n) is 5.01. The average Bonchev–Trinajstić information content (AvgIpc) is 2.48. The summed E-state index contributed by atoms with van der Waals surface area (Å²) in [5.74, 6) is -0.339. The summed E-state index contributed by atoms with van der Waals surface area (Å²) in [4.78, 5) is 13.9. The van der Waals surface area contributed by atoms with E-state index in [1.165, 1.54) is 6.07 Å². The van der Waals surface area contributed by atoms with Crippen molar-refractivity contribution in [2.24, 2.45) is 5.73 Å². The number of hydrogen-bond acceptors (Lipinski definition) is 3. The van der Waals surface area contributed by atoms with E-state index >= 15 is 0 Å². The summed E-state index contributed by atoms with van der Waals surface area (Å²) < 4.78 is 19.1. The smallest absolute Gasteiger partial charge is 0.227 e. The first kappa shape index (κ1) is 14.9. The Morgan fingerprint density at radius 2 is 2.05 bits per heavy atom. The molecule has 2 rings (SSSR count). The molecule has 0 bridgehead atoms. The van der Waals surface area contributed by atoms with Crippen molar-refractivity contribution in [1.29, 1.82) is 0 Å². The maximum Gasteiger partial charge on any atom is 0.227 e. The number of carbonyl (C=O) groups excluding carboxylic acids is 1. The fraction of sp³-hybridized carbons (Fsp3) is 0.533. The molecule has 1 amide bonds. The van der Waals surface area contributed by atoms with Gasteiger partial charge in [-0.25, -0.2) is 4.39 Å². The van der Waals surface area contributed by atoms with E-state index in [0.29, 0.717) is 31.8 Å². The highest BCUT2D eigenvalue weighted by Gasteiger charge is 2.23. The van der Waals surface area contributed by atoms with Crippen molar-refractivity contribution >= 4 is 5.91 Å². The molecule has 1 aliphatic heterocycles. The highest BCUT2D eigenvalue weighted by atomic mass is 19.1. The van der Waals surface area contributed by atoms with E-state index in [1.807, 2.05) is 0 Å². The lowest BCUT2D eigenvalue weighted by molar-refractivity contribution is -0.133. The molecule has 0 spiro atoms. The van der Waals surface area contributed by atoms with E-state index in [4.69, 9.17) is 10.5 Å². The Morgan fingerprint density at radius 3 is 2.70 bits per heavy atom. The number of benzene rings is 1. The summed E-state index contributed by atoms with van der Waals surface area (Å²) in [7, 11) is 0. The summed E-state index contributed by atoms with van der Waals surface area (Å²) in [6, 6.07) is 6.42. The van der Waals surface area contributed by atoms with Crippen molar-refractivity contribution in [3.63, 3.8) is 0 Å². The Bertz CT molecular complexity index is 445. The van der Waals surface area contributed by atoms with Crippen LogP contribution < -0.4 is 5.73 Å². The van der Waals surface area contributed by atoms with Crippen LogP contribution in [0.25, 0.3) is 0 Å². The number of hydrogen-bond donors (Lipinski definition) is 1. The molecule has 1 saturated heterocycles. The van der Waals surface area contributed by atoms with Gasteiger partial charge in [0.1, 0.15) is 5.82 Å². The molecule has 0 saturated carbocycles. The predicted molar refractivity (Wildman–Crippen MR) is 74.7 cm³/mol. The van der Waals surface area contributed by atoms with Gasteiger partial charge in [-0.15, -0.1) is 0 Å². The number of rotatable bonds is 5. The van der Waals surface area contributed by atoms with Gasteiger partial charge in [-0.3, -0.25) is 4.79 Å². The second kappa shape index (κ2) is 7.36. The molecule has 2 N–H and O–H groups in total. The van der Waals surface area contributed by atoms with Crippen molar-refractivity contribution < 1.29 is 13.9 Å². The minimum absolute atomic E-state index is 0.0209. The second-order valence-corrected chi connectivity index (χ2v) is 5.01. The third-order valence-electron chi connectivity index (χ3n) is 3.57. The minimum atomic E-state index is -0.318. The summed E-state index contributed by atoms with van der Waals surface area (Å²) >= 11 is 0. The summed E-state index contributed by atoms with van der Waals surface area (Å²) in [6.07, 6.45) is 1.96. The van der Waals surface area contributed by atoms with Crippen LogP contribution >= 0.6 is 0 Å². The van der Waals surface area contributed by atoms with E-state index in [0.717, 1.165) is 12.8 Å². The van der Waals surface area contributed by atoms with E-state index in [-0.39, 0.29) is 24.2 Å². The third kappa shape index (κ3) is 4.02. The van der Waals surface area contributed by atoms with Crippen LogP contribution in [0.5, 0.6) is 0 Å². The Balaban J connectivity index is 1.82. The largest absolute Gasteiger partial charge is 0.377 e. The maximum absolute atomic E-state index is 13.5. The van der Waals surface area contributed by atoms with E-state index in [2.05, 4.69) is 0 Å². The average molecular weight is 280 g/mol. The van der Waals surface area contributed by atoms with Gasteiger partial charge in [0.15, 0.2) is 0 Å². The van der Waals surface area contributed by atoms with Crippen LogP contribution in [0.2, 0.25) is 0 Å². The number of amides is 1. The molecule has 1 aromatic carbocycles. The molecule has 4 nitrogen and oxygen atoms in total. The molecule has 0 radical (unpaired) electrons. The van der Waals surface area contributed by atoms with Gasteiger partial charge in [0, 0.05) is 19.6 Å². The van der Waals surface area contributed by atoms with Gasteiger partial charge in [0.25, 0.3) is 0 Å². The Kier molecular flexibility index (Phi) is 5.49. The first-order chi connectivity index (χ1) is 9.70. The fourth-order valence-electron chi connectivity index (χ4n) is 2.42. The monoisotopic (exact) mass is 280 g/mol. The highest BCUT2D eigenvalue weighted by Crippen LogP contribution is 2.16.